The summed E-state index contributed by atoms with van der Waals surface area (Å²) in [6, 6.07) is 29.3. The molecule has 0 spiro atoms. The van der Waals surface area contributed by atoms with Gasteiger partial charge in [0.1, 0.15) is 29.9 Å². The first-order valence-corrected chi connectivity index (χ1v) is 16.0. The maximum absolute atomic E-state index is 14.2. The number of hydrogen-bond donors (Lipinski definition) is 1. The summed E-state index contributed by atoms with van der Waals surface area (Å²) in [5.41, 5.74) is 3.71. The van der Waals surface area contributed by atoms with Gasteiger partial charge in [0.25, 0.3) is 11.5 Å². The van der Waals surface area contributed by atoms with Crippen molar-refractivity contribution in [1.82, 2.24) is 4.57 Å². The summed E-state index contributed by atoms with van der Waals surface area (Å²) in [6.07, 6.45) is 1.82. The van der Waals surface area contributed by atoms with Gasteiger partial charge in [-0.1, -0.05) is 65.9 Å². The number of nitrogens with one attached hydrogen (secondary N) is 1. The molecule has 0 saturated heterocycles. The van der Waals surface area contributed by atoms with E-state index >= 15 is 0 Å². The smallest absolute Gasteiger partial charge is 0.271 e. The average Bonchev–Trinajstić information content (AvgIpc) is 3.37. The number of ether oxygens (including phenoxy) is 3. The fourth-order valence-corrected chi connectivity index (χ4v) is 6.84. The highest BCUT2D eigenvalue weighted by molar-refractivity contribution is 9.10. The number of aromatic nitrogens is 1. The number of methoxy groups -OCH3 is 2. The fraction of sp³-hybridized carbons (Fsp3) is 0.139. The Morgan fingerprint density at radius 1 is 0.957 bits per heavy atom. The Balaban J connectivity index is 1.42. The lowest BCUT2D eigenvalue weighted by molar-refractivity contribution is -0.113. The van der Waals surface area contributed by atoms with E-state index in [1.807, 2.05) is 91.0 Å². The van der Waals surface area contributed by atoms with Crippen LogP contribution in [0.5, 0.6) is 17.2 Å². The second-order valence-electron chi connectivity index (χ2n) is 10.5. The zero-order valence-electron chi connectivity index (χ0n) is 25.3. The SMILES string of the molecule is COc1ccc([C@H]2C(C(=O)Nc3ccccc3)=C(C)N=c3s/c(=C\c4ccc(OCc5ccccc5)c(Br)c4)c(=O)n32)c(OC)c1. The van der Waals surface area contributed by atoms with Crippen molar-refractivity contribution < 1.29 is 19.0 Å². The largest absolute Gasteiger partial charge is 0.497 e. The lowest BCUT2D eigenvalue weighted by Crippen LogP contribution is -2.40. The van der Waals surface area contributed by atoms with Gasteiger partial charge in [-0.05, 0) is 76.5 Å². The number of amides is 1. The van der Waals surface area contributed by atoms with Crippen molar-refractivity contribution in [1.29, 1.82) is 0 Å². The first-order valence-electron chi connectivity index (χ1n) is 14.4. The molecule has 5 aromatic rings. The summed E-state index contributed by atoms with van der Waals surface area (Å²) in [5, 5.41) is 2.97. The first kappa shape index (κ1) is 31.1. The van der Waals surface area contributed by atoms with Crippen molar-refractivity contribution in [3.05, 3.63) is 149 Å². The Labute approximate surface area is 278 Å². The predicted molar refractivity (Wildman–Crippen MR) is 183 cm³/mol. The highest BCUT2D eigenvalue weighted by atomic mass is 79.9. The van der Waals surface area contributed by atoms with Gasteiger partial charge < -0.3 is 19.5 Å². The van der Waals surface area contributed by atoms with E-state index in [0.717, 1.165) is 15.6 Å². The maximum Gasteiger partial charge on any atom is 0.271 e. The molecule has 0 aliphatic carbocycles. The summed E-state index contributed by atoms with van der Waals surface area (Å²) >= 11 is 4.88. The molecular formula is C36H30BrN3O5S. The number of para-hydroxylation sites is 1. The number of anilines is 1. The molecule has 46 heavy (non-hydrogen) atoms. The van der Waals surface area contributed by atoms with Gasteiger partial charge >= 0.3 is 0 Å². The number of allylic oxidation sites excluding steroid dienone is 1. The average molecular weight is 697 g/mol. The predicted octanol–water partition coefficient (Wildman–Crippen LogP) is 6.23. The van der Waals surface area contributed by atoms with Gasteiger partial charge in [0.05, 0.1) is 34.5 Å². The number of nitrogens with zero attached hydrogens (tertiary/aromatic N) is 2. The molecule has 0 radical (unpaired) electrons. The number of hydrogen-bond acceptors (Lipinski definition) is 7. The van der Waals surface area contributed by atoms with E-state index in [9.17, 15) is 9.59 Å². The number of halogens is 1. The molecule has 10 heteroatoms. The maximum atomic E-state index is 14.2. The van der Waals surface area contributed by atoms with Crippen LogP contribution in [-0.2, 0) is 11.4 Å². The molecule has 4 aromatic carbocycles. The van der Waals surface area contributed by atoms with Crippen molar-refractivity contribution in [2.75, 3.05) is 19.5 Å². The molecule has 1 aliphatic heterocycles. The molecule has 0 unspecified atom stereocenters. The molecule has 1 aromatic heterocycles. The number of carbonyl (C=O) groups excluding carboxylic acids is 1. The van der Waals surface area contributed by atoms with Gasteiger partial charge in [-0.3, -0.25) is 14.2 Å². The van der Waals surface area contributed by atoms with E-state index in [1.54, 1.807) is 37.8 Å². The van der Waals surface area contributed by atoms with Gasteiger partial charge in [-0.25, -0.2) is 4.99 Å². The third-order valence-corrected chi connectivity index (χ3v) is 9.13. The topological polar surface area (TPSA) is 91.2 Å². The van der Waals surface area contributed by atoms with Crippen molar-refractivity contribution in [3.63, 3.8) is 0 Å². The Bertz CT molecular complexity index is 2120. The van der Waals surface area contributed by atoms with Gasteiger partial charge in [0.2, 0.25) is 0 Å². The van der Waals surface area contributed by atoms with Crippen molar-refractivity contribution >= 4 is 44.9 Å². The molecule has 1 amide bonds. The van der Waals surface area contributed by atoms with Crippen molar-refractivity contribution in [2.45, 2.75) is 19.6 Å². The Morgan fingerprint density at radius 2 is 1.70 bits per heavy atom. The van der Waals surface area contributed by atoms with E-state index in [0.29, 0.717) is 55.7 Å². The number of fused-ring (bicyclic) bond motifs is 1. The van der Waals surface area contributed by atoms with E-state index in [4.69, 9.17) is 19.2 Å². The third-order valence-electron chi connectivity index (χ3n) is 7.52. The molecule has 8 nitrogen and oxygen atoms in total. The lowest BCUT2D eigenvalue weighted by atomic mass is 9.94. The van der Waals surface area contributed by atoms with Gasteiger partial charge in [-0.15, -0.1) is 0 Å². The fourth-order valence-electron chi connectivity index (χ4n) is 5.28. The van der Waals surface area contributed by atoms with Crippen LogP contribution in [0.4, 0.5) is 5.69 Å². The van der Waals surface area contributed by atoms with E-state index in [-0.39, 0.29) is 11.5 Å². The summed E-state index contributed by atoms with van der Waals surface area (Å²) in [5.74, 6) is 1.40. The number of thiazole rings is 1. The molecule has 0 saturated carbocycles. The Morgan fingerprint density at radius 3 is 2.39 bits per heavy atom. The highest BCUT2D eigenvalue weighted by Crippen LogP contribution is 2.37. The zero-order chi connectivity index (χ0) is 32.2. The highest BCUT2D eigenvalue weighted by Gasteiger charge is 2.34. The molecule has 1 aliphatic rings. The quantitative estimate of drug-likeness (QED) is 0.197. The minimum atomic E-state index is -0.802. The summed E-state index contributed by atoms with van der Waals surface area (Å²) < 4.78 is 20.0. The second-order valence-corrected chi connectivity index (χ2v) is 12.3. The molecule has 6 rings (SSSR count). The van der Waals surface area contributed by atoms with Crippen LogP contribution < -0.4 is 34.4 Å². The monoisotopic (exact) mass is 695 g/mol. The van der Waals surface area contributed by atoms with Crippen LogP contribution in [0.3, 0.4) is 0 Å². The molecule has 0 bridgehead atoms. The van der Waals surface area contributed by atoms with Gasteiger partial charge in [-0.2, -0.15) is 0 Å². The molecule has 232 valence electrons. The first-order chi connectivity index (χ1) is 22.4. The minimum Gasteiger partial charge on any atom is -0.497 e. The van der Waals surface area contributed by atoms with Crippen LogP contribution in [-0.4, -0.2) is 24.7 Å². The Hall–Kier alpha value is -4.93. The van der Waals surface area contributed by atoms with Crippen LogP contribution in [0.15, 0.2) is 123 Å². The van der Waals surface area contributed by atoms with Crippen molar-refractivity contribution in [2.24, 2.45) is 4.99 Å². The summed E-state index contributed by atoms with van der Waals surface area (Å²) in [4.78, 5) is 33.3. The zero-order valence-corrected chi connectivity index (χ0v) is 27.7. The summed E-state index contributed by atoms with van der Waals surface area (Å²) in [6.45, 7) is 2.22. The molecule has 1 N–H and O–H groups in total. The third kappa shape index (κ3) is 6.40. The van der Waals surface area contributed by atoms with Crippen LogP contribution in [0, 0.1) is 0 Å². The van der Waals surface area contributed by atoms with E-state index in [2.05, 4.69) is 21.2 Å². The normalized spacial score (nSPS) is 14.3. The van der Waals surface area contributed by atoms with E-state index < -0.39 is 6.04 Å². The van der Waals surface area contributed by atoms with Gasteiger partial charge in [0, 0.05) is 17.3 Å². The Kier molecular flexibility index (Phi) is 9.18. The van der Waals surface area contributed by atoms with Crippen LogP contribution >= 0.6 is 27.3 Å². The van der Waals surface area contributed by atoms with Gasteiger partial charge in [0.15, 0.2) is 4.80 Å². The van der Waals surface area contributed by atoms with Crippen LogP contribution in [0.1, 0.15) is 29.7 Å². The van der Waals surface area contributed by atoms with Crippen LogP contribution in [0.2, 0.25) is 0 Å². The minimum absolute atomic E-state index is 0.273. The van der Waals surface area contributed by atoms with Crippen LogP contribution in [0.25, 0.3) is 6.08 Å². The molecule has 1 atom stereocenters. The number of rotatable bonds is 9. The summed E-state index contributed by atoms with van der Waals surface area (Å²) in [7, 11) is 3.12. The molecular weight excluding hydrogens is 666 g/mol. The second kappa shape index (κ2) is 13.6. The lowest BCUT2D eigenvalue weighted by Gasteiger charge is -2.26. The number of benzene rings is 4. The van der Waals surface area contributed by atoms with E-state index in [1.165, 1.54) is 11.3 Å². The standard InChI is InChI=1S/C36H30BrN3O5S/c1-22-32(34(41)39-25-12-8-5-9-13-25)33(27-16-15-26(43-2)20-30(27)44-3)40-35(42)31(46-36(40)38-22)19-24-14-17-29(28(37)18-24)45-21-23-10-6-4-7-11-23/h4-20,33H,21H2,1-3H3,(H,39,41)/b31-19-/t33-/m0/s1. The molecule has 0 fully saturated rings. The number of carbonyl (C=O) groups is 1. The molecule has 2 heterocycles. The van der Waals surface area contributed by atoms with Crippen molar-refractivity contribution in [3.8, 4) is 17.2 Å².